The van der Waals surface area contributed by atoms with E-state index in [2.05, 4.69) is 25.3 Å². The Morgan fingerprint density at radius 3 is 2.81 bits per heavy atom. The number of carbonyl (C=O) groups excluding carboxylic acids is 1. The highest BCUT2D eigenvalue weighted by atomic mass is 16.1. The third kappa shape index (κ3) is 2.74. The average Bonchev–Trinajstić information content (AvgIpc) is 3.06. The van der Waals surface area contributed by atoms with E-state index in [9.17, 15) is 4.79 Å². The molecule has 1 aromatic carbocycles. The molecule has 1 amide bonds. The summed E-state index contributed by atoms with van der Waals surface area (Å²) in [5.41, 5.74) is 1.78. The van der Waals surface area contributed by atoms with Gasteiger partial charge in [0.25, 0.3) is 5.91 Å². The van der Waals surface area contributed by atoms with Crippen molar-refractivity contribution >= 4 is 16.9 Å². The van der Waals surface area contributed by atoms with Gasteiger partial charge in [0, 0.05) is 12.4 Å². The summed E-state index contributed by atoms with van der Waals surface area (Å²) >= 11 is 0. The number of nitrogens with zero attached hydrogens (tertiary/aromatic N) is 3. The third-order valence-electron chi connectivity index (χ3n) is 3.24. The Bertz CT molecular complexity index is 754. The molecule has 0 aliphatic rings. The first kappa shape index (κ1) is 13.2. The van der Waals surface area contributed by atoms with Crippen molar-refractivity contribution in [1.29, 1.82) is 0 Å². The van der Waals surface area contributed by atoms with Crippen LogP contribution in [0.2, 0.25) is 0 Å². The summed E-state index contributed by atoms with van der Waals surface area (Å²) < 4.78 is 0. The topological polar surface area (TPSA) is 83.6 Å². The SMILES string of the molecule is CCC(NC(=O)c1cnc2ccccc2n1)c1ncc[nH]1. The maximum Gasteiger partial charge on any atom is 0.272 e. The second-order valence-electron chi connectivity index (χ2n) is 4.65. The molecule has 2 heterocycles. The number of hydrogen-bond acceptors (Lipinski definition) is 4. The maximum absolute atomic E-state index is 12.3. The molecule has 2 aromatic heterocycles. The van der Waals surface area contributed by atoms with Crippen molar-refractivity contribution in [3.8, 4) is 0 Å². The molecule has 1 atom stereocenters. The van der Waals surface area contributed by atoms with Gasteiger partial charge >= 0.3 is 0 Å². The smallest absolute Gasteiger partial charge is 0.272 e. The van der Waals surface area contributed by atoms with Gasteiger partial charge in [0.1, 0.15) is 11.5 Å². The van der Waals surface area contributed by atoms with Crippen LogP contribution in [0, 0.1) is 0 Å². The summed E-state index contributed by atoms with van der Waals surface area (Å²) in [6, 6.07) is 7.29. The molecule has 0 saturated heterocycles. The molecule has 0 aliphatic heterocycles. The van der Waals surface area contributed by atoms with E-state index in [1.54, 1.807) is 12.4 Å². The Kier molecular flexibility index (Phi) is 3.59. The number of imidazole rings is 1. The number of H-pyrrole nitrogens is 1. The molecular formula is C15H15N5O. The van der Waals surface area contributed by atoms with Crippen LogP contribution in [0.25, 0.3) is 11.0 Å². The molecule has 6 heteroatoms. The number of rotatable bonds is 4. The van der Waals surface area contributed by atoms with Gasteiger partial charge in [0.05, 0.1) is 23.3 Å². The highest BCUT2D eigenvalue weighted by Crippen LogP contribution is 2.13. The number of nitrogens with one attached hydrogen (secondary N) is 2. The lowest BCUT2D eigenvalue weighted by Crippen LogP contribution is -2.29. The van der Waals surface area contributed by atoms with Gasteiger partial charge in [-0.2, -0.15) is 0 Å². The summed E-state index contributed by atoms with van der Waals surface area (Å²) in [4.78, 5) is 28.1. The highest BCUT2D eigenvalue weighted by Gasteiger charge is 2.17. The van der Waals surface area contributed by atoms with Crippen LogP contribution in [-0.4, -0.2) is 25.8 Å². The summed E-state index contributed by atoms with van der Waals surface area (Å²) in [7, 11) is 0. The van der Waals surface area contributed by atoms with Crippen molar-refractivity contribution in [3.63, 3.8) is 0 Å². The van der Waals surface area contributed by atoms with Gasteiger partial charge in [-0.25, -0.2) is 9.97 Å². The fourth-order valence-corrected chi connectivity index (χ4v) is 2.13. The first-order chi connectivity index (χ1) is 10.3. The van der Waals surface area contributed by atoms with E-state index < -0.39 is 0 Å². The molecule has 106 valence electrons. The molecule has 0 saturated carbocycles. The second kappa shape index (κ2) is 5.70. The minimum Gasteiger partial charge on any atom is -0.347 e. The molecule has 0 bridgehead atoms. The third-order valence-corrected chi connectivity index (χ3v) is 3.24. The minimum absolute atomic E-state index is 0.166. The van der Waals surface area contributed by atoms with Crippen LogP contribution in [0.5, 0.6) is 0 Å². The standard InChI is InChI=1S/C15H15N5O/c1-2-10(14-16-7-8-17-14)20-15(21)13-9-18-11-5-3-4-6-12(11)19-13/h3-10H,2H2,1H3,(H,16,17)(H,20,21). The van der Waals surface area contributed by atoms with Crippen LogP contribution < -0.4 is 5.32 Å². The number of para-hydroxylation sites is 2. The van der Waals surface area contributed by atoms with Crippen molar-refractivity contribution in [2.24, 2.45) is 0 Å². The van der Waals surface area contributed by atoms with E-state index in [0.29, 0.717) is 11.2 Å². The number of benzene rings is 1. The van der Waals surface area contributed by atoms with Crippen molar-refractivity contribution < 1.29 is 4.79 Å². The maximum atomic E-state index is 12.3. The monoisotopic (exact) mass is 281 g/mol. The normalized spacial score (nSPS) is 12.2. The van der Waals surface area contributed by atoms with Crippen LogP contribution in [0.1, 0.15) is 35.7 Å². The Hall–Kier alpha value is -2.76. The molecule has 21 heavy (non-hydrogen) atoms. The highest BCUT2D eigenvalue weighted by molar-refractivity contribution is 5.93. The lowest BCUT2D eigenvalue weighted by atomic mass is 10.2. The van der Waals surface area contributed by atoms with Crippen LogP contribution in [-0.2, 0) is 0 Å². The van der Waals surface area contributed by atoms with E-state index in [1.807, 2.05) is 31.2 Å². The zero-order valence-corrected chi connectivity index (χ0v) is 11.6. The lowest BCUT2D eigenvalue weighted by Gasteiger charge is -2.14. The first-order valence-electron chi connectivity index (χ1n) is 6.80. The zero-order chi connectivity index (χ0) is 14.7. The van der Waals surface area contributed by atoms with E-state index in [0.717, 1.165) is 17.8 Å². The lowest BCUT2D eigenvalue weighted by molar-refractivity contribution is 0.0929. The summed E-state index contributed by atoms with van der Waals surface area (Å²) in [5, 5.41) is 2.91. The van der Waals surface area contributed by atoms with Crippen molar-refractivity contribution in [2.75, 3.05) is 0 Å². The number of carbonyl (C=O) groups is 1. The summed E-state index contributed by atoms with van der Waals surface area (Å²) in [6.07, 6.45) is 5.63. The Morgan fingerprint density at radius 1 is 1.29 bits per heavy atom. The molecule has 2 N–H and O–H groups in total. The van der Waals surface area contributed by atoms with Crippen molar-refractivity contribution in [1.82, 2.24) is 25.3 Å². The number of hydrogen-bond donors (Lipinski definition) is 2. The first-order valence-corrected chi connectivity index (χ1v) is 6.80. The molecule has 0 spiro atoms. The van der Waals surface area contributed by atoms with Crippen molar-refractivity contribution in [3.05, 3.63) is 54.4 Å². The van der Waals surface area contributed by atoms with E-state index in [4.69, 9.17) is 0 Å². The van der Waals surface area contributed by atoms with Crippen LogP contribution >= 0.6 is 0 Å². The molecular weight excluding hydrogens is 266 g/mol. The molecule has 6 nitrogen and oxygen atoms in total. The van der Waals surface area contributed by atoms with Gasteiger partial charge in [0.2, 0.25) is 0 Å². The molecule has 1 unspecified atom stereocenters. The summed E-state index contributed by atoms with van der Waals surface area (Å²) in [6.45, 7) is 1.99. The number of aromatic nitrogens is 4. The van der Waals surface area contributed by atoms with E-state index in [-0.39, 0.29) is 11.9 Å². The largest absolute Gasteiger partial charge is 0.347 e. The van der Waals surface area contributed by atoms with E-state index >= 15 is 0 Å². The second-order valence-corrected chi connectivity index (χ2v) is 4.65. The van der Waals surface area contributed by atoms with Gasteiger partial charge in [-0.1, -0.05) is 19.1 Å². The summed E-state index contributed by atoms with van der Waals surface area (Å²) in [5.74, 6) is 0.483. The van der Waals surface area contributed by atoms with Crippen LogP contribution in [0.15, 0.2) is 42.9 Å². The molecule has 0 radical (unpaired) electrons. The quantitative estimate of drug-likeness (QED) is 0.768. The van der Waals surface area contributed by atoms with Gasteiger partial charge in [-0.3, -0.25) is 9.78 Å². The fraction of sp³-hybridized carbons (Fsp3) is 0.200. The van der Waals surface area contributed by atoms with Gasteiger partial charge in [-0.05, 0) is 18.6 Å². The minimum atomic E-state index is -0.253. The molecule has 3 rings (SSSR count). The Balaban J connectivity index is 1.83. The zero-order valence-electron chi connectivity index (χ0n) is 11.6. The number of amides is 1. The Labute approximate surface area is 121 Å². The van der Waals surface area contributed by atoms with Crippen molar-refractivity contribution in [2.45, 2.75) is 19.4 Å². The fourth-order valence-electron chi connectivity index (χ4n) is 2.13. The number of fused-ring (bicyclic) bond motifs is 1. The van der Waals surface area contributed by atoms with Crippen LogP contribution in [0.4, 0.5) is 0 Å². The molecule has 0 fully saturated rings. The van der Waals surface area contributed by atoms with Crippen LogP contribution in [0.3, 0.4) is 0 Å². The predicted molar refractivity (Wildman–Crippen MR) is 78.6 cm³/mol. The van der Waals surface area contributed by atoms with Gasteiger partial charge in [-0.15, -0.1) is 0 Å². The van der Waals surface area contributed by atoms with Gasteiger partial charge < -0.3 is 10.3 Å². The van der Waals surface area contributed by atoms with E-state index in [1.165, 1.54) is 6.20 Å². The van der Waals surface area contributed by atoms with Gasteiger partial charge in [0.15, 0.2) is 0 Å². The predicted octanol–water partition coefficient (Wildman–Crippen LogP) is 2.23. The average molecular weight is 281 g/mol. The molecule has 3 aromatic rings. The Morgan fingerprint density at radius 2 is 2.10 bits per heavy atom. The number of aromatic amines is 1. The molecule has 0 aliphatic carbocycles.